The first kappa shape index (κ1) is 11.2. The van der Waals surface area contributed by atoms with Crippen molar-refractivity contribution in [3.8, 4) is 0 Å². The second kappa shape index (κ2) is 4.13. The Morgan fingerprint density at radius 1 is 1.50 bits per heavy atom. The molecule has 80 valence electrons. The molecule has 1 saturated heterocycles. The summed E-state index contributed by atoms with van der Waals surface area (Å²) in [6.07, 6.45) is 2.62. The summed E-state index contributed by atoms with van der Waals surface area (Å²) in [6.45, 7) is 7.56. The molecule has 1 heterocycles. The van der Waals surface area contributed by atoms with Gasteiger partial charge in [0.15, 0.2) is 0 Å². The van der Waals surface area contributed by atoms with Crippen LogP contribution in [-0.2, 0) is 9.53 Å². The molecule has 0 atom stereocenters. The van der Waals surface area contributed by atoms with Crippen molar-refractivity contribution in [2.45, 2.75) is 32.8 Å². The monoisotopic (exact) mass is 197 g/mol. The second-order valence-electron chi connectivity index (χ2n) is 4.82. The van der Waals surface area contributed by atoms with Gasteiger partial charge in [0.1, 0.15) is 5.60 Å². The van der Waals surface area contributed by atoms with Crippen LogP contribution in [0.2, 0.25) is 0 Å². The average molecular weight is 197 g/mol. The molecule has 1 fully saturated rings. The van der Waals surface area contributed by atoms with Crippen molar-refractivity contribution >= 4 is 5.97 Å². The molecule has 0 bridgehead atoms. The first-order chi connectivity index (χ1) is 6.37. The molecule has 0 aliphatic carbocycles. The first-order valence-corrected chi connectivity index (χ1v) is 4.98. The van der Waals surface area contributed by atoms with Gasteiger partial charge in [-0.15, -0.1) is 0 Å². The average Bonchev–Trinajstić information content (AvgIpc) is 2.30. The molecule has 3 nitrogen and oxygen atoms in total. The van der Waals surface area contributed by atoms with Crippen LogP contribution in [-0.4, -0.2) is 36.6 Å². The van der Waals surface area contributed by atoms with Gasteiger partial charge in [0.25, 0.3) is 0 Å². The number of hydrogen-bond donors (Lipinski definition) is 0. The Labute approximate surface area is 85.7 Å². The zero-order chi connectivity index (χ0) is 10.8. The van der Waals surface area contributed by atoms with Crippen molar-refractivity contribution in [3.63, 3.8) is 0 Å². The highest BCUT2D eigenvalue weighted by Crippen LogP contribution is 2.14. The maximum absolute atomic E-state index is 11.4. The molecule has 0 aromatic rings. The van der Waals surface area contributed by atoms with Gasteiger partial charge in [0, 0.05) is 19.2 Å². The molecular formula is C11H19NO2. The zero-order valence-corrected chi connectivity index (χ0v) is 9.46. The summed E-state index contributed by atoms with van der Waals surface area (Å²) in [6, 6.07) is 0. The summed E-state index contributed by atoms with van der Waals surface area (Å²) in [5.74, 6) is -0.220. The van der Waals surface area contributed by atoms with Crippen LogP contribution in [0.5, 0.6) is 0 Å². The fraction of sp³-hybridized carbons (Fsp3) is 0.727. The molecule has 1 aliphatic heterocycles. The molecule has 3 heteroatoms. The van der Waals surface area contributed by atoms with Gasteiger partial charge < -0.3 is 9.64 Å². The Morgan fingerprint density at radius 2 is 2.14 bits per heavy atom. The van der Waals surface area contributed by atoms with Crippen molar-refractivity contribution in [2.24, 2.45) is 0 Å². The fourth-order valence-electron chi connectivity index (χ4n) is 1.45. The highest BCUT2D eigenvalue weighted by molar-refractivity contribution is 5.83. The summed E-state index contributed by atoms with van der Waals surface area (Å²) in [4.78, 5) is 13.6. The van der Waals surface area contributed by atoms with Gasteiger partial charge in [-0.2, -0.15) is 0 Å². The molecule has 0 spiro atoms. The minimum atomic E-state index is -0.390. The Morgan fingerprint density at radius 3 is 2.57 bits per heavy atom. The smallest absolute Gasteiger partial charge is 0.331 e. The van der Waals surface area contributed by atoms with Crippen LogP contribution in [0.25, 0.3) is 0 Å². The van der Waals surface area contributed by atoms with Crippen LogP contribution in [0, 0.1) is 0 Å². The maximum Gasteiger partial charge on any atom is 0.331 e. The predicted molar refractivity (Wildman–Crippen MR) is 56.0 cm³/mol. The molecule has 0 saturated carbocycles. The zero-order valence-electron chi connectivity index (χ0n) is 9.46. The summed E-state index contributed by atoms with van der Waals surface area (Å²) >= 11 is 0. The van der Waals surface area contributed by atoms with Crippen LogP contribution < -0.4 is 0 Å². The van der Waals surface area contributed by atoms with Gasteiger partial charge in [0.2, 0.25) is 0 Å². The van der Waals surface area contributed by atoms with Crippen molar-refractivity contribution in [3.05, 3.63) is 11.6 Å². The molecule has 0 amide bonds. The number of carbonyl (C=O) groups is 1. The van der Waals surface area contributed by atoms with Crippen LogP contribution in [0.4, 0.5) is 0 Å². The van der Waals surface area contributed by atoms with Crippen molar-refractivity contribution in [2.75, 3.05) is 20.1 Å². The number of hydrogen-bond acceptors (Lipinski definition) is 3. The topological polar surface area (TPSA) is 29.5 Å². The highest BCUT2D eigenvalue weighted by atomic mass is 16.6. The molecule has 0 unspecified atom stereocenters. The van der Waals surface area contributed by atoms with E-state index in [2.05, 4.69) is 11.9 Å². The molecule has 0 aromatic carbocycles. The van der Waals surface area contributed by atoms with E-state index >= 15 is 0 Å². The number of ether oxygens (including phenoxy) is 1. The Kier molecular flexibility index (Phi) is 3.32. The highest BCUT2D eigenvalue weighted by Gasteiger charge is 2.17. The quantitative estimate of drug-likeness (QED) is 0.472. The number of rotatable bonds is 1. The number of likely N-dealkylation sites (tertiary alicyclic amines) is 1. The van der Waals surface area contributed by atoms with Crippen LogP contribution in [0.15, 0.2) is 11.6 Å². The molecular weight excluding hydrogens is 178 g/mol. The van der Waals surface area contributed by atoms with Crippen LogP contribution in [0.1, 0.15) is 27.2 Å². The minimum absolute atomic E-state index is 0.220. The normalized spacial score (nSPS) is 21.6. The molecule has 1 rings (SSSR count). The molecule has 0 radical (unpaired) electrons. The maximum atomic E-state index is 11.4. The number of nitrogens with zero attached hydrogens (tertiary/aromatic N) is 1. The molecule has 0 aromatic heterocycles. The Bertz CT molecular complexity index is 251. The lowest BCUT2D eigenvalue weighted by Gasteiger charge is -2.18. The molecule has 0 N–H and O–H groups in total. The summed E-state index contributed by atoms with van der Waals surface area (Å²) in [5.41, 5.74) is 0.778. The van der Waals surface area contributed by atoms with Gasteiger partial charge in [0.05, 0.1) is 0 Å². The third-order valence-corrected chi connectivity index (χ3v) is 2.02. The van der Waals surface area contributed by atoms with E-state index in [9.17, 15) is 4.79 Å². The largest absolute Gasteiger partial charge is 0.457 e. The second-order valence-corrected chi connectivity index (χ2v) is 4.82. The van der Waals surface area contributed by atoms with Gasteiger partial charge in [-0.25, -0.2) is 4.79 Å². The number of esters is 1. The van der Waals surface area contributed by atoms with Gasteiger partial charge in [-0.1, -0.05) is 0 Å². The number of likely N-dealkylation sites (N-methyl/N-ethyl adjacent to an activating group) is 1. The SMILES string of the molecule is CN1CC/C(=C\C(=O)OC(C)(C)C)C1. The van der Waals surface area contributed by atoms with E-state index in [1.54, 1.807) is 6.08 Å². The minimum Gasteiger partial charge on any atom is -0.457 e. The number of carbonyl (C=O) groups excluding carboxylic acids is 1. The lowest BCUT2D eigenvalue weighted by molar-refractivity contribution is -0.148. The van der Waals surface area contributed by atoms with Crippen molar-refractivity contribution in [1.82, 2.24) is 4.90 Å². The standard InChI is InChI=1S/C11H19NO2/c1-11(2,3)14-10(13)7-9-5-6-12(4)8-9/h7H,5-6,8H2,1-4H3/b9-7+. The van der Waals surface area contributed by atoms with Crippen LogP contribution in [0.3, 0.4) is 0 Å². The Hall–Kier alpha value is -0.830. The first-order valence-electron chi connectivity index (χ1n) is 4.98. The lowest BCUT2D eigenvalue weighted by Crippen LogP contribution is -2.23. The van der Waals surface area contributed by atoms with Gasteiger partial charge >= 0.3 is 5.97 Å². The van der Waals surface area contributed by atoms with E-state index < -0.39 is 5.60 Å². The van der Waals surface area contributed by atoms with Gasteiger partial charge in [-0.3, -0.25) is 0 Å². The molecule has 1 aliphatic rings. The Balaban J connectivity index is 2.48. The predicted octanol–water partition coefficient (Wildman–Crippen LogP) is 1.59. The summed E-state index contributed by atoms with van der Waals surface area (Å²) in [7, 11) is 2.05. The van der Waals surface area contributed by atoms with E-state index in [4.69, 9.17) is 4.74 Å². The fourth-order valence-corrected chi connectivity index (χ4v) is 1.45. The summed E-state index contributed by atoms with van der Waals surface area (Å²) < 4.78 is 5.20. The van der Waals surface area contributed by atoms with Crippen LogP contribution >= 0.6 is 0 Å². The van der Waals surface area contributed by atoms with Gasteiger partial charge in [-0.05, 0) is 39.8 Å². The van der Waals surface area contributed by atoms with Crippen molar-refractivity contribution < 1.29 is 9.53 Å². The van der Waals surface area contributed by atoms with E-state index in [1.807, 2.05) is 20.8 Å². The third-order valence-electron chi connectivity index (χ3n) is 2.02. The van der Waals surface area contributed by atoms with E-state index in [1.165, 1.54) is 5.57 Å². The summed E-state index contributed by atoms with van der Waals surface area (Å²) in [5, 5.41) is 0. The van der Waals surface area contributed by atoms with E-state index in [0.29, 0.717) is 0 Å². The lowest BCUT2D eigenvalue weighted by atomic mass is 10.2. The van der Waals surface area contributed by atoms with E-state index in [-0.39, 0.29) is 5.97 Å². The molecule has 14 heavy (non-hydrogen) atoms. The van der Waals surface area contributed by atoms with Crippen molar-refractivity contribution in [1.29, 1.82) is 0 Å². The van der Waals surface area contributed by atoms with E-state index in [0.717, 1.165) is 19.5 Å². The third kappa shape index (κ3) is 3.92.